The third-order valence-electron chi connectivity index (χ3n) is 7.30. The van der Waals surface area contributed by atoms with Gasteiger partial charge in [0.2, 0.25) is 0 Å². The van der Waals surface area contributed by atoms with Crippen LogP contribution in [0.25, 0.3) is 0 Å². The standard InChI is InChI=1S/C34H47N3O9/c1-24-21-36(17-19-43-23-26-11-14-28(42-7)15-12-26)32(38)29-20-27(37(40)41)13-16-30(29)45-25(2)10-8-9-18-44-31(24)22-35(6)33(39)46-34(3,4)5/h8-9,11-16,20,24-25,31H,10,17-19,21-23H2,1-7H3/t24-,25?,31+/m1/s1. The van der Waals surface area contributed by atoms with Crippen molar-refractivity contribution in [1.82, 2.24) is 9.80 Å². The summed E-state index contributed by atoms with van der Waals surface area (Å²) in [4.78, 5) is 41.2. The molecule has 2 amide bonds. The second-order valence-electron chi connectivity index (χ2n) is 12.4. The second kappa shape index (κ2) is 17.0. The molecule has 12 nitrogen and oxygen atoms in total. The lowest BCUT2D eigenvalue weighted by atomic mass is 10.0. The van der Waals surface area contributed by atoms with Crippen LogP contribution in [-0.4, -0.2) is 91.5 Å². The van der Waals surface area contributed by atoms with Gasteiger partial charge in [0.15, 0.2) is 0 Å². The van der Waals surface area contributed by atoms with E-state index < -0.39 is 28.6 Å². The van der Waals surface area contributed by atoms with E-state index in [0.29, 0.717) is 19.6 Å². The van der Waals surface area contributed by atoms with Gasteiger partial charge in [0.25, 0.3) is 11.6 Å². The summed E-state index contributed by atoms with van der Waals surface area (Å²) in [6.07, 6.45) is 3.08. The Bertz CT molecular complexity index is 1340. The minimum atomic E-state index is -0.659. The second-order valence-corrected chi connectivity index (χ2v) is 12.4. The van der Waals surface area contributed by atoms with E-state index in [9.17, 15) is 19.7 Å². The summed E-state index contributed by atoms with van der Waals surface area (Å²) < 4.78 is 29.0. The van der Waals surface area contributed by atoms with Crippen molar-refractivity contribution in [3.63, 3.8) is 0 Å². The molecule has 0 saturated heterocycles. The van der Waals surface area contributed by atoms with E-state index >= 15 is 0 Å². The van der Waals surface area contributed by atoms with Crippen LogP contribution in [0.4, 0.5) is 10.5 Å². The van der Waals surface area contributed by atoms with Gasteiger partial charge in [-0.3, -0.25) is 14.9 Å². The molecule has 0 radical (unpaired) electrons. The van der Waals surface area contributed by atoms with Gasteiger partial charge in [-0.25, -0.2) is 4.79 Å². The molecule has 1 aliphatic heterocycles. The molecule has 1 aliphatic rings. The first-order valence-corrected chi connectivity index (χ1v) is 15.4. The van der Waals surface area contributed by atoms with Gasteiger partial charge >= 0.3 is 6.09 Å². The molecule has 0 aromatic heterocycles. The van der Waals surface area contributed by atoms with Crippen molar-refractivity contribution < 1.29 is 38.2 Å². The SMILES string of the molecule is COc1ccc(COCCN2C[C@@H](C)[C@H](CN(C)C(=O)OC(C)(C)C)OCC=CCC(C)Oc3ccc([N+](=O)[O-])cc3C2=O)cc1. The summed E-state index contributed by atoms with van der Waals surface area (Å²) in [6, 6.07) is 11.6. The summed E-state index contributed by atoms with van der Waals surface area (Å²) in [6.45, 7) is 10.7. The quantitative estimate of drug-likeness (QED) is 0.143. The van der Waals surface area contributed by atoms with E-state index in [-0.39, 0.29) is 55.3 Å². The van der Waals surface area contributed by atoms with E-state index in [4.69, 9.17) is 23.7 Å². The normalized spacial score (nSPS) is 19.4. The van der Waals surface area contributed by atoms with Gasteiger partial charge in [0.05, 0.1) is 56.2 Å². The number of fused-ring (bicyclic) bond motifs is 1. The van der Waals surface area contributed by atoms with Crippen molar-refractivity contribution in [3.05, 3.63) is 75.9 Å². The van der Waals surface area contributed by atoms with Gasteiger partial charge in [0.1, 0.15) is 17.1 Å². The number of nitrogens with zero attached hydrogens (tertiary/aromatic N) is 3. The number of ether oxygens (including phenoxy) is 5. The lowest BCUT2D eigenvalue weighted by molar-refractivity contribution is -0.384. The van der Waals surface area contributed by atoms with Gasteiger partial charge in [-0.2, -0.15) is 0 Å². The number of carbonyl (C=O) groups is 2. The molecule has 0 spiro atoms. The Morgan fingerprint density at radius 2 is 1.85 bits per heavy atom. The summed E-state index contributed by atoms with van der Waals surface area (Å²) in [7, 11) is 3.25. The first kappa shape index (κ1) is 36.3. The van der Waals surface area contributed by atoms with Crippen LogP contribution in [0, 0.1) is 16.0 Å². The zero-order valence-corrected chi connectivity index (χ0v) is 27.9. The number of hydrogen-bond acceptors (Lipinski definition) is 9. The van der Waals surface area contributed by atoms with Crippen LogP contribution in [-0.2, 0) is 20.8 Å². The summed E-state index contributed by atoms with van der Waals surface area (Å²) in [5, 5.41) is 11.7. The topological polar surface area (TPSA) is 130 Å². The molecule has 46 heavy (non-hydrogen) atoms. The van der Waals surface area contributed by atoms with E-state index in [1.165, 1.54) is 23.1 Å². The first-order valence-electron chi connectivity index (χ1n) is 15.4. The third kappa shape index (κ3) is 11.3. The molecular weight excluding hydrogens is 594 g/mol. The van der Waals surface area contributed by atoms with Crippen molar-refractivity contribution in [2.45, 2.75) is 65.5 Å². The lowest BCUT2D eigenvalue weighted by Crippen LogP contribution is -2.46. The molecule has 3 atom stereocenters. The van der Waals surface area contributed by atoms with Gasteiger partial charge < -0.3 is 33.5 Å². The molecule has 252 valence electrons. The van der Waals surface area contributed by atoms with Crippen molar-refractivity contribution in [3.8, 4) is 11.5 Å². The highest BCUT2D eigenvalue weighted by Crippen LogP contribution is 2.28. The Morgan fingerprint density at radius 3 is 2.50 bits per heavy atom. The number of hydrogen-bond donors (Lipinski definition) is 0. The van der Waals surface area contributed by atoms with Crippen LogP contribution < -0.4 is 9.47 Å². The highest BCUT2D eigenvalue weighted by Gasteiger charge is 2.30. The van der Waals surface area contributed by atoms with Crippen LogP contribution in [0.2, 0.25) is 0 Å². The third-order valence-corrected chi connectivity index (χ3v) is 7.30. The number of non-ortho nitro benzene ring substituents is 1. The van der Waals surface area contributed by atoms with Crippen LogP contribution in [0.1, 0.15) is 57.0 Å². The minimum absolute atomic E-state index is 0.0905. The van der Waals surface area contributed by atoms with Crippen LogP contribution >= 0.6 is 0 Å². The number of benzene rings is 2. The fraction of sp³-hybridized carbons (Fsp3) is 0.529. The largest absolute Gasteiger partial charge is 0.497 e. The smallest absolute Gasteiger partial charge is 0.410 e. The van der Waals surface area contributed by atoms with Crippen molar-refractivity contribution >= 4 is 17.7 Å². The molecular formula is C34H47N3O9. The fourth-order valence-corrected chi connectivity index (χ4v) is 4.78. The molecule has 0 aliphatic carbocycles. The summed E-state index contributed by atoms with van der Waals surface area (Å²) in [5.41, 5.74) is 0.158. The average Bonchev–Trinajstić information content (AvgIpc) is 3.00. The zero-order valence-electron chi connectivity index (χ0n) is 27.9. The number of methoxy groups -OCH3 is 1. The van der Waals surface area contributed by atoms with Crippen molar-refractivity contribution in [2.24, 2.45) is 5.92 Å². The number of carbonyl (C=O) groups excluding carboxylic acids is 2. The van der Waals surface area contributed by atoms with Gasteiger partial charge in [0, 0.05) is 44.6 Å². The predicted molar refractivity (Wildman–Crippen MR) is 173 cm³/mol. The molecule has 3 rings (SSSR count). The van der Waals surface area contributed by atoms with Crippen LogP contribution in [0.5, 0.6) is 11.5 Å². The molecule has 0 saturated carbocycles. The molecule has 1 unspecified atom stereocenters. The molecule has 0 bridgehead atoms. The Hall–Kier alpha value is -4.16. The molecule has 12 heteroatoms. The molecule has 2 aromatic rings. The maximum atomic E-state index is 14.2. The summed E-state index contributed by atoms with van der Waals surface area (Å²) in [5.74, 6) is 0.317. The van der Waals surface area contributed by atoms with E-state index in [0.717, 1.165) is 11.3 Å². The Kier molecular flexibility index (Phi) is 13.4. The van der Waals surface area contributed by atoms with Crippen LogP contribution in [0.15, 0.2) is 54.6 Å². The number of nitro benzene ring substituents is 1. The summed E-state index contributed by atoms with van der Waals surface area (Å²) >= 11 is 0. The first-order chi connectivity index (χ1) is 21.8. The highest BCUT2D eigenvalue weighted by atomic mass is 16.6. The Morgan fingerprint density at radius 1 is 1.13 bits per heavy atom. The molecule has 2 aromatic carbocycles. The highest BCUT2D eigenvalue weighted by molar-refractivity contribution is 5.97. The predicted octanol–water partition coefficient (Wildman–Crippen LogP) is 5.88. The van der Waals surface area contributed by atoms with E-state index in [1.54, 1.807) is 39.8 Å². The minimum Gasteiger partial charge on any atom is -0.497 e. The van der Waals surface area contributed by atoms with E-state index in [2.05, 4.69) is 0 Å². The van der Waals surface area contributed by atoms with Crippen LogP contribution in [0.3, 0.4) is 0 Å². The molecule has 1 heterocycles. The number of amides is 2. The van der Waals surface area contributed by atoms with Gasteiger partial charge in [-0.05, 0) is 51.5 Å². The van der Waals surface area contributed by atoms with Crippen molar-refractivity contribution in [1.29, 1.82) is 0 Å². The van der Waals surface area contributed by atoms with Crippen molar-refractivity contribution in [2.75, 3.05) is 47.0 Å². The molecule has 0 N–H and O–H groups in total. The number of rotatable bonds is 9. The Labute approximate surface area is 271 Å². The average molecular weight is 642 g/mol. The number of likely N-dealkylation sites (N-methyl/N-ethyl adjacent to an activating group) is 1. The fourth-order valence-electron chi connectivity index (χ4n) is 4.78. The zero-order chi connectivity index (χ0) is 33.9. The monoisotopic (exact) mass is 641 g/mol. The van der Waals surface area contributed by atoms with E-state index in [1.807, 2.05) is 50.3 Å². The van der Waals surface area contributed by atoms with Gasteiger partial charge in [-0.15, -0.1) is 0 Å². The van der Waals surface area contributed by atoms with Gasteiger partial charge in [-0.1, -0.05) is 31.2 Å². The maximum Gasteiger partial charge on any atom is 0.410 e. The molecule has 0 fully saturated rings. The lowest BCUT2D eigenvalue weighted by Gasteiger charge is -2.33. The maximum absolute atomic E-state index is 14.2. The Balaban J connectivity index is 1.89. The number of nitro groups is 1.